The van der Waals surface area contributed by atoms with Gasteiger partial charge >= 0.3 is 0 Å². The van der Waals surface area contributed by atoms with Crippen LogP contribution in [0.3, 0.4) is 0 Å². The Balaban J connectivity index is 0.930. The largest absolute Gasteiger partial charge is 0.455 e. The Labute approximate surface area is 375 Å². The van der Waals surface area contributed by atoms with E-state index in [4.69, 9.17) is 8.83 Å². The number of benzene rings is 11. The third-order valence-corrected chi connectivity index (χ3v) is 13.1. The van der Waals surface area contributed by atoms with E-state index >= 15 is 0 Å². The molecule has 304 valence electrons. The Morgan fingerprint density at radius 1 is 0.246 bits per heavy atom. The number of anilines is 3. The summed E-state index contributed by atoms with van der Waals surface area (Å²) in [5.41, 5.74) is 15.6. The normalized spacial score (nSPS) is 11.7. The van der Waals surface area contributed by atoms with E-state index in [1.165, 1.54) is 21.5 Å². The first-order valence-corrected chi connectivity index (χ1v) is 22.1. The molecule has 0 aliphatic rings. The van der Waals surface area contributed by atoms with Crippen molar-refractivity contribution in [1.29, 1.82) is 0 Å². The van der Waals surface area contributed by atoms with Gasteiger partial charge in [0.15, 0.2) is 0 Å². The van der Waals surface area contributed by atoms with E-state index < -0.39 is 0 Å². The van der Waals surface area contributed by atoms with E-state index in [0.29, 0.717) is 0 Å². The molecule has 11 aromatic carbocycles. The van der Waals surface area contributed by atoms with Crippen LogP contribution in [0.1, 0.15) is 0 Å². The predicted molar refractivity (Wildman–Crippen MR) is 272 cm³/mol. The molecule has 3 heteroatoms. The second-order valence-electron chi connectivity index (χ2n) is 16.8. The van der Waals surface area contributed by atoms with Crippen LogP contribution in [0.15, 0.2) is 245 Å². The van der Waals surface area contributed by atoms with E-state index in [1.807, 2.05) is 6.07 Å². The maximum absolute atomic E-state index is 6.88. The van der Waals surface area contributed by atoms with Crippen LogP contribution in [-0.2, 0) is 0 Å². The minimum absolute atomic E-state index is 0.883. The highest BCUT2D eigenvalue weighted by Crippen LogP contribution is 2.44. The van der Waals surface area contributed by atoms with Crippen molar-refractivity contribution in [2.24, 2.45) is 0 Å². The van der Waals surface area contributed by atoms with E-state index in [9.17, 15) is 0 Å². The minimum atomic E-state index is 0.883. The van der Waals surface area contributed by atoms with Crippen molar-refractivity contribution in [3.05, 3.63) is 237 Å². The van der Waals surface area contributed by atoms with Crippen LogP contribution < -0.4 is 4.90 Å². The second kappa shape index (κ2) is 15.0. The highest BCUT2D eigenvalue weighted by molar-refractivity contribution is 6.14. The summed E-state index contributed by atoms with van der Waals surface area (Å²) in [6, 6.07) is 84.6. The highest BCUT2D eigenvalue weighted by atomic mass is 16.3. The summed E-state index contributed by atoms with van der Waals surface area (Å²) in [5, 5.41) is 9.36. The van der Waals surface area contributed by atoms with Gasteiger partial charge in [0.25, 0.3) is 0 Å². The van der Waals surface area contributed by atoms with E-state index in [0.717, 1.165) is 105 Å². The third kappa shape index (κ3) is 6.20. The fraction of sp³-hybridized carbons (Fsp3) is 0. The molecule has 13 aromatic rings. The molecule has 0 fully saturated rings. The summed E-state index contributed by atoms with van der Waals surface area (Å²) in [4.78, 5) is 2.37. The first-order valence-electron chi connectivity index (χ1n) is 22.1. The topological polar surface area (TPSA) is 29.5 Å². The van der Waals surface area contributed by atoms with Gasteiger partial charge in [-0.3, -0.25) is 0 Å². The molecule has 0 saturated carbocycles. The van der Waals surface area contributed by atoms with Crippen LogP contribution in [0.2, 0.25) is 0 Å². The quantitative estimate of drug-likeness (QED) is 0.150. The summed E-state index contributed by atoms with van der Waals surface area (Å²) in [6.45, 7) is 0. The highest BCUT2D eigenvalue weighted by Gasteiger charge is 2.19. The van der Waals surface area contributed by atoms with Crippen molar-refractivity contribution in [3.63, 3.8) is 0 Å². The lowest BCUT2D eigenvalue weighted by Gasteiger charge is -2.27. The summed E-state index contributed by atoms with van der Waals surface area (Å²) in [7, 11) is 0. The van der Waals surface area contributed by atoms with Gasteiger partial charge in [-0.1, -0.05) is 188 Å². The molecule has 0 aliphatic heterocycles. The van der Waals surface area contributed by atoms with E-state index in [1.54, 1.807) is 0 Å². The maximum atomic E-state index is 6.88. The van der Waals surface area contributed by atoms with E-state index in [2.05, 4.69) is 235 Å². The third-order valence-electron chi connectivity index (χ3n) is 13.1. The zero-order valence-electron chi connectivity index (χ0n) is 35.3. The Morgan fingerprint density at radius 3 is 1.46 bits per heavy atom. The van der Waals surface area contributed by atoms with Crippen LogP contribution in [0, 0.1) is 0 Å². The predicted octanol–water partition coefficient (Wildman–Crippen LogP) is 17.9. The fourth-order valence-corrected chi connectivity index (χ4v) is 9.92. The van der Waals surface area contributed by atoms with Crippen molar-refractivity contribution >= 4 is 82.5 Å². The van der Waals surface area contributed by atoms with Gasteiger partial charge in [-0.2, -0.15) is 0 Å². The SMILES string of the molecule is c1ccc(-c2cccc3c2oc2ccc(-c4ccc(N(c5cccc(-c6cccc7c6oc6c(-c8ccccc8)cccc67)c5)c5ccc6c(ccc7ccccc76)c5)cc4)cc23)cc1. The van der Waals surface area contributed by atoms with Gasteiger partial charge < -0.3 is 13.7 Å². The Kier molecular flexibility index (Phi) is 8.53. The van der Waals surface area contributed by atoms with Gasteiger partial charge in [-0.15, -0.1) is 0 Å². The second-order valence-corrected chi connectivity index (χ2v) is 16.8. The zero-order valence-corrected chi connectivity index (χ0v) is 35.3. The Hall–Kier alpha value is -8.66. The molecule has 0 atom stereocenters. The number of furan rings is 2. The molecule has 0 radical (unpaired) electrons. The molecule has 2 aromatic heterocycles. The maximum Gasteiger partial charge on any atom is 0.143 e. The summed E-state index contributed by atoms with van der Waals surface area (Å²) >= 11 is 0. The molecule has 13 rings (SSSR count). The molecule has 2 heterocycles. The molecular formula is C62H39NO2. The summed E-state index contributed by atoms with van der Waals surface area (Å²) in [5.74, 6) is 0. The average molecular weight is 830 g/mol. The van der Waals surface area contributed by atoms with Crippen LogP contribution in [0.4, 0.5) is 17.1 Å². The number of hydrogen-bond acceptors (Lipinski definition) is 3. The lowest BCUT2D eigenvalue weighted by Crippen LogP contribution is -2.10. The van der Waals surface area contributed by atoms with E-state index in [-0.39, 0.29) is 0 Å². The molecule has 3 nitrogen and oxygen atoms in total. The molecule has 65 heavy (non-hydrogen) atoms. The van der Waals surface area contributed by atoms with Crippen molar-refractivity contribution in [2.75, 3.05) is 4.90 Å². The first kappa shape index (κ1) is 36.9. The summed E-state index contributed by atoms with van der Waals surface area (Å²) < 4.78 is 13.4. The fourth-order valence-electron chi connectivity index (χ4n) is 9.92. The molecule has 0 spiro atoms. The molecule has 0 amide bonds. The lowest BCUT2D eigenvalue weighted by molar-refractivity contribution is 0.670. The van der Waals surface area contributed by atoms with Gasteiger partial charge in [-0.05, 0) is 97.9 Å². The molecule has 0 N–H and O–H groups in total. The monoisotopic (exact) mass is 829 g/mol. The molecular weight excluding hydrogens is 791 g/mol. The van der Waals surface area contributed by atoms with Gasteiger partial charge in [0, 0.05) is 55.3 Å². The molecule has 0 saturated heterocycles. The van der Waals surface area contributed by atoms with Gasteiger partial charge in [0.2, 0.25) is 0 Å². The minimum Gasteiger partial charge on any atom is -0.455 e. The van der Waals surface area contributed by atoms with Crippen LogP contribution in [0.25, 0.3) is 110 Å². The first-order chi connectivity index (χ1) is 32.2. The lowest BCUT2D eigenvalue weighted by atomic mass is 9.99. The van der Waals surface area contributed by atoms with Gasteiger partial charge in [0.1, 0.15) is 22.3 Å². The average Bonchev–Trinajstić information content (AvgIpc) is 3.96. The van der Waals surface area contributed by atoms with Crippen molar-refractivity contribution < 1.29 is 8.83 Å². The Morgan fingerprint density at radius 2 is 0.754 bits per heavy atom. The molecule has 0 bridgehead atoms. The van der Waals surface area contributed by atoms with Gasteiger partial charge in [0.05, 0.1) is 0 Å². The molecule has 0 aliphatic carbocycles. The number of hydrogen-bond donors (Lipinski definition) is 0. The smallest absolute Gasteiger partial charge is 0.143 e. The number of rotatable bonds is 7. The Bertz CT molecular complexity index is 3940. The number of fused-ring (bicyclic) bond motifs is 9. The standard InChI is InChI=1S/C62H39NO2/c1-3-13-41(14-4-1)52-21-11-26-57-58-39-44(31-36-59(58)64-60(52)57)40-29-32-47(33-30-40)63(49-34-35-51-46(38-49)28-27-43-17-7-8-20-50(43)51)48-19-9-18-45(37-48)54-23-12-25-56-55-24-10-22-53(61(55)65-62(54)56)42-15-5-2-6-16-42/h1-39H. The van der Waals surface area contributed by atoms with Crippen molar-refractivity contribution in [2.45, 2.75) is 0 Å². The van der Waals surface area contributed by atoms with Crippen molar-refractivity contribution in [3.8, 4) is 44.5 Å². The summed E-state index contributed by atoms with van der Waals surface area (Å²) in [6.07, 6.45) is 0. The molecule has 0 unspecified atom stereocenters. The number of nitrogens with zero attached hydrogens (tertiary/aromatic N) is 1. The zero-order chi connectivity index (χ0) is 42.8. The van der Waals surface area contributed by atoms with Crippen LogP contribution in [-0.4, -0.2) is 0 Å². The number of para-hydroxylation sites is 3. The van der Waals surface area contributed by atoms with Crippen LogP contribution in [0.5, 0.6) is 0 Å². The van der Waals surface area contributed by atoms with Crippen LogP contribution >= 0.6 is 0 Å². The van der Waals surface area contributed by atoms with Crippen molar-refractivity contribution in [1.82, 2.24) is 0 Å². The van der Waals surface area contributed by atoms with Gasteiger partial charge in [-0.25, -0.2) is 0 Å².